The minimum absolute atomic E-state index is 0.00771. The van der Waals surface area contributed by atoms with E-state index in [2.05, 4.69) is 5.32 Å². The van der Waals surface area contributed by atoms with Crippen molar-refractivity contribution < 1.29 is 24.0 Å². The zero-order valence-corrected chi connectivity index (χ0v) is 12.0. The van der Waals surface area contributed by atoms with Crippen molar-refractivity contribution in [3.63, 3.8) is 0 Å². The molecule has 118 valence electrons. The molecule has 1 aromatic rings. The molecule has 0 bridgehead atoms. The lowest BCUT2D eigenvalue weighted by atomic mass is 10.0. The highest BCUT2D eigenvalue weighted by Gasteiger charge is 2.36. The first-order chi connectivity index (χ1) is 10.5. The summed E-state index contributed by atoms with van der Waals surface area (Å²) in [4.78, 5) is 32.9. The lowest BCUT2D eigenvalue weighted by Gasteiger charge is -2.17. The number of carbonyl (C=O) groups excluding carboxylic acids is 2. The number of ether oxygens (including phenoxy) is 2. The second kappa shape index (κ2) is 6.88. The minimum atomic E-state index is -0.650. The number of nitro benzene ring substituents is 1. The van der Waals surface area contributed by atoms with E-state index in [9.17, 15) is 19.7 Å². The maximum Gasteiger partial charge on any atom is 0.408 e. The number of nitro groups is 1. The molecule has 1 saturated heterocycles. The van der Waals surface area contributed by atoms with Gasteiger partial charge in [-0.15, -0.1) is 0 Å². The van der Waals surface area contributed by atoms with E-state index in [1.54, 1.807) is 0 Å². The van der Waals surface area contributed by atoms with Crippen molar-refractivity contribution in [3.05, 3.63) is 39.9 Å². The Morgan fingerprint density at radius 3 is 2.68 bits per heavy atom. The van der Waals surface area contributed by atoms with Gasteiger partial charge in [0.25, 0.3) is 5.69 Å². The third-order valence-electron chi connectivity index (χ3n) is 3.21. The van der Waals surface area contributed by atoms with Gasteiger partial charge in [0.1, 0.15) is 12.6 Å². The fraction of sp³-hybridized carbons (Fsp3) is 0.429. The number of carbonyl (C=O) groups is 2. The highest BCUT2D eigenvalue weighted by molar-refractivity contribution is 5.71. The highest BCUT2D eigenvalue weighted by atomic mass is 16.6. The average Bonchev–Trinajstić information content (AvgIpc) is 2.86. The zero-order valence-electron chi connectivity index (χ0n) is 12.0. The number of hydrogen-bond donors (Lipinski definition) is 1. The lowest BCUT2D eigenvalue weighted by molar-refractivity contribution is -0.384. The van der Waals surface area contributed by atoms with Crippen molar-refractivity contribution in [1.29, 1.82) is 0 Å². The van der Waals surface area contributed by atoms with Gasteiger partial charge in [0.15, 0.2) is 6.10 Å². The predicted molar refractivity (Wildman–Crippen MR) is 75.1 cm³/mol. The highest BCUT2D eigenvalue weighted by Crippen LogP contribution is 2.28. The van der Waals surface area contributed by atoms with Gasteiger partial charge in [0.05, 0.1) is 4.92 Å². The second-order valence-corrected chi connectivity index (χ2v) is 4.86. The summed E-state index contributed by atoms with van der Waals surface area (Å²) < 4.78 is 10.2. The van der Waals surface area contributed by atoms with Crippen LogP contribution in [0.5, 0.6) is 0 Å². The van der Waals surface area contributed by atoms with Crippen LogP contribution in [0.3, 0.4) is 0 Å². The van der Waals surface area contributed by atoms with Crippen LogP contribution in [-0.4, -0.2) is 29.6 Å². The lowest BCUT2D eigenvalue weighted by Crippen LogP contribution is -2.33. The van der Waals surface area contributed by atoms with Gasteiger partial charge in [0, 0.05) is 18.6 Å². The number of esters is 1. The van der Waals surface area contributed by atoms with E-state index >= 15 is 0 Å². The summed E-state index contributed by atoms with van der Waals surface area (Å²) in [5, 5.41) is 13.2. The van der Waals surface area contributed by atoms with Gasteiger partial charge in [-0.05, 0) is 24.1 Å². The Morgan fingerprint density at radius 1 is 1.41 bits per heavy atom. The third kappa shape index (κ3) is 3.72. The summed E-state index contributed by atoms with van der Waals surface area (Å²) >= 11 is 0. The number of hydrogen-bond acceptors (Lipinski definition) is 6. The van der Waals surface area contributed by atoms with E-state index < -0.39 is 23.2 Å². The Hall–Kier alpha value is -2.64. The maximum atomic E-state index is 11.4. The maximum absolute atomic E-state index is 11.4. The van der Waals surface area contributed by atoms with Crippen LogP contribution in [-0.2, 0) is 14.3 Å². The Labute approximate surface area is 126 Å². The van der Waals surface area contributed by atoms with E-state index in [-0.39, 0.29) is 18.3 Å². The molecule has 1 N–H and O–H groups in total. The van der Waals surface area contributed by atoms with E-state index in [0.717, 1.165) is 0 Å². The first kappa shape index (κ1) is 15.7. The number of rotatable bonds is 6. The van der Waals surface area contributed by atoms with Crippen molar-refractivity contribution >= 4 is 17.7 Å². The number of alkyl carbamates (subject to hydrolysis) is 1. The molecule has 1 heterocycles. The SMILES string of the molecule is CCCC(=O)OC[C@H]1NC(=O)O[C@@H]1c1ccc([N+](=O)[O-])cc1. The molecule has 1 aliphatic rings. The summed E-state index contributed by atoms with van der Waals surface area (Å²) in [5.41, 5.74) is 0.549. The third-order valence-corrected chi connectivity index (χ3v) is 3.21. The van der Waals surface area contributed by atoms with Crippen LogP contribution in [0, 0.1) is 10.1 Å². The van der Waals surface area contributed by atoms with Crippen molar-refractivity contribution in [3.8, 4) is 0 Å². The molecule has 8 nitrogen and oxygen atoms in total. The van der Waals surface area contributed by atoms with Crippen LogP contribution in [0.15, 0.2) is 24.3 Å². The first-order valence-corrected chi connectivity index (χ1v) is 6.88. The Morgan fingerprint density at radius 2 is 2.09 bits per heavy atom. The summed E-state index contributed by atoms with van der Waals surface area (Å²) in [6.45, 7) is 1.85. The van der Waals surface area contributed by atoms with Gasteiger partial charge in [-0.2, -0.15) is 0 Å². The fourth-order valence-corrected chi connectivity index (χ4v) is 2.13. The number of nitrogens with one attached hydrogen (secondary N) is 1. The number of nitrogens with zero attached hydrogens (tertiary/aromatic N) is 1. The van der Waals surface area contributed by atoms with Crippen LogP contribution in [0.2, 0.25) is 0 Å². The standard InChI is InChI=1S/C14H16N2O6/c1-2-3-12(17)21-8-11-13(22-14(18)15-11)9-4-6-10(7-5-9)16(19)20/h4-7,11,13H,2-3,8H2,1H3,(H,15,18)/t11-,13-/m1/s1. The van der Waals surface area contributed by atoms with Gasteiger partial charge < -0.3 is 14.8 Å². The van der Waals surface area contributed by atoms with Crippen molar-refractivity contribution in [2.75, 3.05) is 6.61 Å². The second-order valence-electron chi connectivity index (χ2n) is 4.86. The molecule has 0 unspecified atom stereocenters. The number of amides is 1. The molecule has 0 radical (unpaired) electrons. The number of cyclic esters (lactones) is 1. The molecule has 0 saturated carbocycles. The normalized spacial score (nSPS) is 20.1. The molecule has 1 aliphatic heterocycles. The van der Waals surface area contributed by atoms with Gasteiger partial charge in [-0.3, -0.25) is 14.9 Å². The summed E-state index contributed by atoms with van der Waals surface area (Å²) in [6, 6.07) is 5.19. The molecule has 2 atom stereocenters. The summed E-state index contributed by atoms with van der Waals surface area (Å²) in [5.74, 6) is -0.342. The number of non-ortho nitro benzene ring substituents is 1. The largest absolute Gasteiger partial charge is 0.463 e. The minimum Gasteiger partial charge on any atom is -0.463 e. The van der Waals surface area contributed by atoms with Crippen molar-refractivity contribution in [2.24, 2.45) is 0 Å². The smallest absolute Gasteiger partial charge is 0.408 e. The van der Waals surface area contributed by atoms with E-state index in [0.29, 0.717) is 18.4 Å². The predicted octanol–water partition coefficient (Wildman–Crippen LogP) is 2.09. The molecule has 8 heteroatoms. The van der Waals surface area contributed by atoms with Gasteiger partial charge in [-0.25, -0.2) is 4.79 Å². The number of benzene rings is 1. The Balaban J connectivity index is 2.05. The molecule has 22 heavy (non-hydrogen) atoms. The first-order valence-electron chi connectivity index (χ1n) is 6.88. The monoisotopic (exact) mass is 308 g/mol. The topological polar surface area (TPSA) is 108 Å². The zero-order chi connectivity index (χ0) is 16.1. The molecular weight excluding hydrogens is 292 g/mol. The average molecular weight is 308 g/mol. The molecule has 0 spiro atoms. The van der Waals surface area contributed by atoms with Crippen LogP contribution >= 0.6 is 0 Å². The molecular formula is C14H16N2O6. The van der Waals surface area contributed by atoms with Crippen molar-refractivity contribution in [2.45, 2.75) is 31.9 Å². The molecule has 2 rings (SSSR count). The summed E-state index contributed by atoms with van der Waals surface area (Å²) in [6.07, 6.45) is -0.274. The van der Waals surface area contributed by atoms with E-state index in [1.807, 2.05) is 6.92 Å². The quantitative estimate of drug-likeness (QED) is 0.490. The Bertz CT molecular complexity index is 571. The molecule has 1 fully saturated rings. The van der Waals surface area contributed by atoms with Crippen LogP contribution in [0.4, 0.5) is 10.5 Å². The Kier molecular flexibility index (Phi) is 4.92. The van der Waals surface area contributed by atoms with Crippen LogP contribution < -0.4 is 5.32 Å². The fourth-order valence-electron chi connectivity index (χ4n) is 2.13. The van der Waals surface area contributed by atoms with Gasteiger partial charge >= 0.3 is 12.1 Å². The summed E-state index contributed by atoms with van der Waals surface area (Å²) in [7, 11) is 0. The van der Waals surface area contributed by atoms with Gasteiger partial charge in [-0.1, -0.05) is 6.92 Å². The molecule has 0 aliphatic carbocycles. The van der Waals surface area contributed by atoms with Gasteiger partial charge in [0.2, 0.25) is 0 Å². The molecule has 1 amide bonds. The van der Waals surface area contributed by atoms with E-state index in [4.69, 9.17) is 9.47 Å². The van der Waals surface area contributed by atoms with Crippen LogP contribution in [0.25, 0.3) is 0 Å². The molecule has 1 aromatic carbocycles. The van der Waals surface area contributed by atoms with Crippen molar-refractivity contribution in [1.82, 2.24) is 5.32 Å². The molecule has 0 aromatic heterocycles. The van der Waals surface area contributed by atoms with E-state index in [1.165, 1.54) is 24.3 Å². The van der Waals surface area contributed by atoms with Crippen LogP contribution in [0.1, 0.15) is 31.4 Å².